The highest BCUT2D eigenvalue weighted by Gasteiger charge is 2.44. The summed E-state index contributed by atoms with van der Waals surface area (Å²) in [4.78, 5) is 29.3. The second-order valence-corrected chi connectivity index (χ2v) is 9.05. The molecule has 4 rings (SSSR count). The van der Waals surface area contributed by atoms with Gasteiger partial charge in [-0.3, -0.25) is 9.59 Å². The van der Waals surface area contributed by atoms with Gasteiger partial charge in [0.05, 0.1) is 23.2 Å². The van der Waals surface area contributed by atoms with E-state index in [4.69, 9.17) is 9.26 Å². The Balaban J connectivity index is 1.43. The smallest absolute Gasteiger partial charge is 0.263 e. The predicted molar refractivity (Wildman–Crippen MR) is 104 cm³/mol. The fourth-order valence-electron chi connectivity index (χ4n) is 4.46. The van der Waals surface area contributed by atoms with Crippen LogP contribution in [0, 0.1) is 25.7 Å². The van der Waals surface area contributed by atoms with Crippen molar-refractivity contribution in [2.75, 3.05) is 20.2 Å². The molecule has 2 aliphatic rings. The van der Waals surface area contributed by atoms with Crippen LogP contribution in [0.1, 0.15) is 43.5 Å². The van der Waals surface area contributed by atoms with Crippen molar-refractivity contribution in [1.82, 2.24) is 15.4 Å². The molecule has 2 aromatic rings. The summed E-state index contributed by atoms with van der Waals surface area (Å²) in [5, 5.41) is 6.77. The topological polar surface area (TPSA) is 84.7 Å². The van der Waals surface area contributed by atoms with Gasteiger partial charge in [0.25, 0.3) is 11.8 Å². The van der Waals surface area contributed by atoms with Crippen LogP contribution < -0.4 is 5.32 Å². The minimum atomic E-state index is -0.191. The van der Waals surface area contributed by atoms with Crippen molar-refractivity contribution in [3.8, 4) is 0 Å². The van der Waals surface area contributed by atoms with E-state index in [1.807, 2.05) is 24.0 Å². The Morgan fingerprint density at radius 2 is 2.00 bits per heavy atom. The van der Waals surface area contributed by atoms with Crippen LogP contribution in [-0.4, -0.2) is 54.2 Å². The van der Waals surface area contributed by atoms with Gasteiger partial charge in [-0.05, 0) is 50.7 Å². The average molecular weight is 404 g/mol. The molecule has 2 fully saturated rings. The van der Waals surface area contributed by atoms with Crippen molar-refractivity contribution in [3.05, 3.63) is 39.4 Å². The number of aryl methyl sites for hydroxylation is 2. The zero-order valence-electron chi connectivity index (χ0n) is 16.3. The van der Waals surface area contributed by atoms with Gasteiger partial charge in [-0.25, -0.2) is 0 Å². The third-order valence-electron chi connectivity index (χ3n) is 5.97. The van der Waals surface area contributed by atoms with Crippen LogP contribution >= 0.6 is 11.3 Å². The quantitative estimate of drug-likeness (QED) is 0.848. The first-order chi connectivity index (χ1) is 13.5. The van der Waals surface area contributed by atoms with Gasteiger partial charge < -0.3 is 19.5 Å². The second-order valence-electron chi connectivity index (χ2n) is 7.76. The fraction of sp³-hybridized carbons (Fsp3) is 0.550. The number of methoxy groups -OCH3 is 1. The number of rotatable bonds is 4. The Hall–Kier alpha value is -2.19. The number of likely N-dealkylation sites (tertiary alicyclic amines) is 1. The number of hydrogen-bond donors (Lipinski definition) is 1. The van der Waals surface area contributed by atoms with Gasteiger partial charge in [-0.2, -0.15) is 0 Å². The highest BCUT2D eigenvalue weighted by atomic mass is 32.1. The molecule has 7 nitrogen and oxygen atoms in total. The van der Waals surface area contributed by atoms with Gasteiger partial charge in [0.2, 0.25) is 0 Å². The average Bonchev–Trinajstić information content (AvgIpc) is 3.39. The van der Waals surface area contributed by atoms with E-state index in [9.17, 15) is 9.59 Å². The summed E-state index contributed by atoms with van der Waals surface area (Å²) in [6.07, 6.45) is 3.01. The van der Waals surface area contributed by atoms with E-state index in [-0.39, 0.29) is 24.0 Å². The number of nitrogens with one attached hydrogen (secondary N) is 1. The molecule has 0 unspecified atom stereocenters. The van der Waals surface area contributed by atoms with Gasteiger partial charge in [0.1, 0.15) is 11.3 Å². The molecule has 28 heavy (non-hydrogen) atoms. The number of nitrogens with zero attached hydrogens (tertiary/aromatic N) is 2. The Morgan fingerprint density at radius 3 is 2.61 bits per heavy atom. The molecule has 1 aliphatic carbocycles. The normalized spacial score (nSPS) is 26.9. The maximum Gasteiger partial charge on any atom is 0.263 e. The number of amides is 2. The van der Waals surface area contributed by atoms with Crippen LogP contribution in [0.4, 0.5) is 0 Å². The van der Waals surface area contributed by atoms with E-state index in [1.165, 1.54) is 6.20 Å². The maximum atomic E-state index is 12.8. The molecule has 0 bridgehead atoms. The Bertz CT molecular complexity index is 876. The lowest BCUT2D eigenvalue weighted by atomic mass is 9.77. The second kappa shape index (κ2) is 7.67. The highest BCUT2D eigenvalue weighted by molar-refractivity contribution is 7.13. The lowest BCUT2D eigenvalue weighted by Crippen LogP contribution is -2.50. The number of thiophene rings is 1. The monoisotopic (exact) mass is 403 g/mol. The van der Waals surface area contributed by atoms with Crippen LogP contribution in [0.15, 0.2) is 22.9 Å². The largest absolute Gasteiger partial charge is 0.379 e. The third-order valence-corrected chi connectivity index (χ3v) is 6.96. The molecule has 8 heteroatoms. The number of carbonyl (C=O) groups excluding carboxylic acids is 2. The minimum absolute atomic E-state index is 0.0654. The predicted octanol–water partition coefficient (Wildman–Crippen LogP) is 2.65. The van der Waals surface area contributed by atoms with Gasteiger partial charge in [-0.1, -0.05) is 5.16 Å². The first-order valence-electron chi connectivity index (χ1n) is 9.57. The van der Waals surface area contributed by atoms with Crippen molar-refractivity contribution in [2.45, 2.75) is 38.8 Å². The van der Waals surface area contributed by atoms with Crippen LogP contribution in [0.2, 0.25) is 0 Å². The van der Waals surface area contributed by atoms with Crippen LogP contribution in [0.5, 0.6) is 0 Å². The van der Waals surface area contributed by atoms with Crippen molar-refractivity contribution in [3.63, 3.8) is 0 Å². The highest BCUT2D eigenvalue weighted by Crippen LogP contribution is 2.38. The van der Waals surface area contributed by atoms with Gasteiger partial charge >= 0.3 is 0 Å². The molecule has 1 N–H and O–H groups in total. The van der Waals surface area contributed by atoms with Crippen molar-refractivity contribution in [2.24, 2.45) is 11.8 Å². The number of hydrogen-bond acceptors (Lipinski definition) is 6. The molecular formula is C20H25N3O4S. The summed E-state index contributed by atoms with van der Waals surface area (Å²) < 4.78 is 10.7. The zero-order valence-corrected chi connectivity index (χ0v) is 17.1. The minimum Gasteiger partial charge on any atom is -0.379 e. The van der Waals surface area contributed by atoms with E-state index < -0.39 is 0 Å². The number of fused-ring (bicyclic) bond motifs is 1. The van der Waals surface area contributed by atoms with E-state index in [2.05, 4.69) is 10.5 Å². The standard InChI is InChI=1S/C20H25N3O4S/c1-11-4-5-18(28-11)20(25)23-9-13-6-16(17(26-3)7-14(13)10-23)22-19(24)15-8-21-27-12(15)2/h4-5,8,13-14,16-17H,6-7,9-10H2,1-3H3,(H,22,24)/t13-,14+,16-,17-/m0/s1. The third kappa shape index (κ3) is 3.58. The number of aromatic nitrogens is 1. The summed E-state index contributed by atoms with van der Waals surface area (Å²) in [6, 6.07) is 3.80. The summed E-state index contributed by atoms with van der Waals surface area (Å²) in [5.41, 5.74) is 0.452. The summed E-state index contributed by atoms with van der Waals surface area (Å²) in [6.45, 7) is 5.22. The van der Waals surface area contributed by atoms with Gasteiger partial charge in [0.15, 0.2) is 0 Å². The van der Waals surface area contributed by atoms with Crippen LogP contribution in [0.3, 0.4) is 0 Å². The van der Waals surface area contributed by atoms with Crippen molar-refractivity contribution in [1.29, 1.82) is 0 Å². The molecule has 3 heterocycles. The number of carbonyl (C=O) groups is 2. The molecule has 2 aromatic heterocycles. The molecule has 4 atom stereocenters. The number of ether oxygens (including phenoxy) is 1. The maximum absolute atomic E-state index is 12.8. The molecule has 1 saturated heterocycles. The summed E-state index contributed by atoms with van der Waals surface area (Å²) in [7, 11) is 1.68. The Labute approximate surface area is 168 Å². The summed E-state index contributed by atoms with van der Waals surface area (Å²) in [5.74, 6) is 1.20. The molecule has 0 radical (unpaired) electrons. The molecule has 150 valence electrons. The first kappa shape index (κ1) is 19.1. The zero-order chi connectivity index (χ0) is 19.8. The Kier molecular flexibility index (Phi) is 5.25. The van der Waals surface area contributed by atoms with Crippen molar-refractivity contribution >= 4 is 23.2 Å². The fourth-order valence-corrected chi connectivity index (χ4v) is 5.30. The van der Waals surface area contributed by atoms with E-state index in [1.54, 1.807) is 25.4 Å². The lowest BCUT2D eigenvalue weighted by Gasteiger charge is -2.37. The van der Waals surface area contributed by atoms with Crippen LogP contribution in [-0.2, 0) is 4.74 Å². The van der Waals surface area contributed by atoms with E-state index >= 15 is 0 Å². The first-order valence-corrected chi connectivity index (χ1v) is 10.4. The van der Waals surface area contributed by atoms with Gasteiger partial charge in [0, 0.05) is 25.1 Å². The Morgan fingerprint density at radius 1 is 1.25 bits per heavy atom. The molecule has 0 spiro atoms. The summed E-state index contributed by atoms with van der Waals surface area (Å²) >= 11 is 1.54. The van der Waals surface area contributed by atoms with E-state index in [0.29, 0.717) is 23.2 Å². The lowest BCUT2D eigenvalue weighted by molar-refractivity contribution is 0.0125. The molecular weight excluding hydrogens is 378 g/mol. The van der Waals surface area contributed by atoms with E-state index in [0.717, 1.165) is 35.7 Å². The van der Waals surface area contributed by atoms with Gasteiger partial charge in [-0.15, -0.1) is 11.3 Å². The molecule has 0 aromatic carbocycles. The molecule has 2 amide bonds. The van der Waals surface area contributed by atoms with Crippen LogP contribution in [0.25, 0.3) is 0 Å². The van der Waals surface area contributed by atoms with Crippen molar-refractivity contribution < 1.29 is 18.8 Å². The molecule has 1 aliphatic heterocycles. The molecule has 1 saturated carbocycles. The SMILES string of the molecule is CO[C@H]1C[C@@H]2CN(C(=O)c3ccc(C)s3)C[C@@H]2C[C@@H]1NC(=O)c1cnoc1C.